The zero-order valence-corrected chi connectivity index (χ0v) is 10.1. The van der Waals surface area contributed by atoms with Crippen LogP contribution in [-0.2, 0) is 15.4 Å². The molecule has 0 bridgehead atoms. The van der Waals surface area contributed by atoms with Gasteiger partial charge in [-0.2, -0.15) is 0 Å². The van der Waals surface area contributed by atoms with Crippen LogP contribution in [0.2, 0.25) is 0 Å². The van der Waals surface area contributed by atoms with Gasteiger partial charge in [-0.3, -0.25) is 5.32 Å². The van der Waals surface area contributed by atoms with Gasteiger partial charge in [0.25, 0.3) is 5.91 Å². The second-order valence-electron chi connectivity index (χ2n) is 2.92. The molecule has 1 aromatic carbocycles. The van der Waals surface area contributed by atoms with Gasteiger partial charge < -0.3 is 9.47 Å². The highest BCUT2D eigenvalue weighted by atomic mass is 35.5. The quantitative estimate of drug-likeness (QED) is 0.788. The van der Waals surface area contributed by atoms with E-state index in [0.29, 0.717) is 0 Å². The molecule has 0 aromatic heterocycles. The SMILES string of the molecule is CCNC(OC)(OC)c1ccccc1.Cl. The smallest absolute Gasteiger partial charge is 0.255 e. The van der Waals surface area contributed by atoms with Crippen molar-refractivity contribution in [1.82, 2.24) is 5.32 Å². The van der Waals surface area contributed by atoms with Crippen molar-refractivity contribution in [1.29, 1.82) is 0 Å². The van der Waals surface area contributed by atoms with Crippen molar-refractivity contribution in [2.75, 3.05) is 20.8 Å². The van der Waals surface area contributed by atoms with E-state index in [-0.39, 0.29) is 12.4 Å². The summed E-state index contributed by atoms with van der Waals surface area (Å²) in [5, 5.41) is 3.17. The van der Waals surface area contributed by atoms with Crippen molar-refractivity contribution in [3.8, 4) is 0 Å². The van der Waals surface area contributed by atoms with Gasteiger partial charge in [0.2, 0.25) is 0 Å². The highest BCUT2D eigenvalue weighted by Gasteiger charge is 2.30. The Morgan fingerprint density at radius 1 is 1.13 bits per heavy atom. The first-order valence-corrected chi connectivity index (χ1v) is 4.70. The second-order valence-corrected chi connectivity index (χ2v) is 2.92. The molecule has 1 N–H and O–H groups in total. The Hall–Kier alpha value is -0.610. The number of halogens is 1. The average molecular weight is 232 g/mol. The molecule has 0 aliphatic heterocycles. The van der Waals surface area contributed by atoms with Gasteiger partial charge in [0.1, 0.15) is 0 Å². The normalized spacial score (nSPS) is 10.9. The van der Waals surface area contributed by atoms with Crippen molar-refractivity contribution in [2.24, 2.45) is 0 Å². The molecule has 86 valence electrons. The molecule has 15 heavy (non-hydrogen) atoms. The maximum absolute atomic E-state index is 5.38. The molecule has 0 saturated carbocycles. The molecule has 0 radical (unpaired) electrons. The lowest BCUT2D eigenvalue weighted by Gasteiger charge is -2.31. The minimum absolute atomic E-state index is 0. The van der Waals surface area contributed by atoms with E-state index in [2.05, 4.69) is 5.32 Å². The van der Waals surface area contributed by atoms with Gasteiger partial charge in [0.05, 0.1) is 0 Å². The second kappa shape index (κ2) is 6.80. The number of methoxy groups -OCH3 is 2. The first-order valence-electron chi connectivity index (χ1n) is 4.70. The molecule has 0 atom stereocenters. The average Bonchev–Trinajstić information content (AvgIpc) is 2.27. The highest BCUT2D eigenvalue weighted by Crippen LogP contribution is 2.22. The summed E-state index contributed by atoms with van der Waals surface area (Å²) in [6.45, 7) is 2.78. The Bertz CT molecular complexity index is 263. The lowest BCUT2D eigenvalue weighted by Crippen LogP contribution is -2.45. The zero-order chi connectivity index (χ0) is 10.4. The van der Waals surface area contributed by atoms with Crippen molar-refractivity contribution < 1.29 is 9.47 Å². The van der Waals surface area contributed by atoms with Gasteiger partial charge >= 0.3 is 0 Å². The summed E-state index contributed by atoms with van der Waals surface area (Å²) in [6, 6.07) is 9.82. The fraction of sp³-hybridized carbons (Fsp3) is 0.455. The summed E-state index contributed by atoms with van der Waals surface area (Å²) in [5.74, 6) is -0.823. The van der Waals surface area contributed by atoms with Crippen LogP contribution in [0, 0.1) is 0 Å². The van der Waals surface area contributed by atoms with Crippen LogP contribution in [0.25, 0.3) is 0 Å². The van der Waals surface area contributed by atoms with E-state index in [4.69, 9.17) is 9.47 Å². The van der Waals surface area contributed by atoms with Gasteiger partial charge in [0, 0.05) is 19.8 Å². The van der Waals surface area contributed by atoms with Gasteiger partial charge in [-0.1, -0.05) is 37.3 Å². The minimum Gasteiger partial charge on any atom is -0.337 e. The lowest BCUT2D eigenvalue weighted by atomic mass is 10.1. The molecule has 1 rings (SSSR count). The van der Waals surface area contributed by atoms with Gasteiger partial charge in [0.15, 0.2) is 0 Å². The molecule has 1 aromatic rings. The Morgan fingerprint density at radius 3 is 2.07 bits per heavy atom. The van der Waals surface area contributed by atoms with E-state index >= 15 is 0 Å². The van der Waals surface area contributed by atoms with Crippen molar-refractivity contribution in [3.63, 3.8) is 0 Å². The molecule has 0 saturated heterocycles. The Morgan fingerprint density at radius 2 is 1.67 bits per heavy atom. The lowest BCUT2D eigenvalue weighted by molar-refractivity contribution is -0.237. The molecule has 0 aliphatic rings. The summed E-state index contributed by atoms with van der Waals surface area (Å²) >= 11 is 0. The maximum atomic E-state index is 5.38. The third kappa shape index (κ3) is 3.18. The van der Waals surface area contributed by atoms with Crippen molar-refractivity contribution in [2.45, 2.75) is 12.8 Å². The van der Waals surface area contributed by atoms with Crippen LogP contribution in [0.4, 0.5) is 0 Å². The van der Waals surface area contributed by atoms with Crippen LogP contribution in [-0.4, -0.2) is 20.8 Å². The number of hydrogen-bond acceptors (Lipinski definition) is 3. The Kier molecular flexibility index (Phi) is 6.52. The largest absolute Gasteiger partial charge is 0.337 e. The summed E-state index contributed by atoms with van der Waals surface area (Å²) in [4.78, 5) is 0. The number of benzene rings is 1. The minimum atomic E-state index is -0.823. The highest BCUT2D eigenvalue weighted by molar-refractivity contribution is 5.85. The standard InChI is InChI=1S/C11H17NO2.ClH/c1-4-12-11(13-2,14-3)10-8-6-5-7-9-10;/h5-9,12H,4H2,1-3H3;1H. The zero-order valence-electron chi connectivity index (χ0n) is 9.32. The number of rotatable bonds is 5. The van der Waals surface area contributed by atoms with E-state index in [0.717, 1.165) is 12.1 Å². The van der Waals surface area contributed by atoms with Crippen LogP contribution in [0.3, 0.4) is 0 Å². The molecule has 0 amide bonds. The fourth-order valence-electron chi connectivity index (χ4n) is 1.46. The monoisotopic (exact) mass is 231 g/mol. The Balaban J connectivity index is 0.00000196. The van der Waals surface area contributed by atoms with Crippen LogP contribution in [0.15, 0.2) is 30.3 Å². The molecular formula is C11H18ClNO2. The molecule has 0 aliphatic carbocycles. The van der Waals surface area contributed by atoms with E-state index < -0.39 is 5.91 Å². The summed E-state index contributed by atoms with van der Waals surface area (Å²) < 4.78 is 10.8. The summed E-state index contributed by atoms with van der Waals surface area (Å²) in [6.07, 6.45) is 0. The third-order valence-electron chi connectivity index (χ3n) is 2.14. The Labute approximate surface area is 97.2 Å². The first-order chi connectivity index (χ1) is 6.79. The van der Waals surface area contributed by atoms with Gasteiger partial charge in [-0.15, -0.1) is 12.4 Å². The predicted molar refractivity (Wildman–Crippen MR) is 63.1 cm³/mol. The van der Waals surface area contributed by atoms with Crippen LogP contribution in [0.1, 0.15) is 12.5 Å². The van der Waals surface area contributed by atoms with Gasteiger partial charge in [-0.05, 0) is 6.54 Å². The van der Waals surface area contributed by atoms with Crippen LogP contribution >= 0.6 is 12.4 Å². The van der Waals surface area contributed by atoms with E-state index in [1.165, 1.54) is 0 Å². The van der Waals surface area contributed by atoms with E-state index in [9.17, 15) is 0 Å². The molecule has 0 heterocycles. The van der Waals surface area contributed by atoms with Gasteiger partial charge in [-0.25, -0.2) is 0 Å². The topological polar surface area (TPSA) is 30.5 Å². The molecule has 4 heteroatoms. The summed E-state index contributed by atoms with van der Waals surface area (Å²) in [7, 11) is 3.25. The predicted octanol–water partition coefficient (Wildman–Crippen LogP) is 2.12. The maximum Gasteiger partial charge on any atom is 0.255 e. The number of hydrogen-bond donors (Lipinski definition) is 1. The molecule has 0 fully saturated rings. The number of ether oxygens (including phenoxy) is 2. The molecule has 0 unspecified atom stereocenters. The molecule has 3 nitrogen and oxygen atoms in total. The van der Waals surface area contributed by atoms with Crippen molar-refractivity contribution >= 4 is 12.4 Å². The van der Waals surface area contributed by atoms with E-state index in [1.54, 1.807) is 14.2 Å². The van der Waals surface area contributed by atoms with Crippen molar-refractivity contribution in [3.05, 3.63) is 35.9 Å². The van der Waals surface area contributed by atoms with E-state index in [1.807, 2.05) is 37.3 Å². The molecular weight excluding hydrogens is 214 g/mol. The van der Waals surface area contributed by atoms with Crippen LogP contribution < -0.4 is 5.32 Å². The third-order valence-corrected chi connectivity index (χ3v) is 2.14. The van der Waals surface area contributed by atoms with Crippen LogP contribution in [0.5, 0.6) is 0 Å². The summed E-state index contributed by atoms with van der Waals surface area (Å²) in [5.41, 5.74) is 0.965. The number of nitrogens with one attached hydrogen (secondary N) is 1. The molecule has 0 spiro atoms. The first kappa shape index (κ1) is 14.4. The fourth-order valence-corrected chi connectivity index (χ4v) is 1.46.